The van der Waals surface area contributed by atoms with E-state index in [1.54, 1.807) is 24.3 Å². The number of nitro benzene ring substituents is 1. The van der Waals surface area contributed by atoms with Gasteiger partial charge in [-0.15, -0.1) is 0 Å². The number of aromatic nitrogens is 2. The minimum absolute atomic E-state index is 0.121. The van der Waals surface area contributed by atoms with Crippen LogP contribution in [-0.2, 0) is 0 Å². The van der Waals surface area contributed by atoms with Crippen LogP contribution in [-0.4, -0.2) is 9.91 Å². The zero-order valence-electron chi connectivity index (χ0n) is 9.11. The number of hydrogen-bond donors (Lipinski definition) is 0. The smallest absolute Gasteiger partial charge is 0.276 e. The van der Waals surface area contributed by atoms with E-state index in [1.165, 1.54) is 18.2 Å². The highest BCUT2D eigenvalue weighted by Crippen LogP contribution is 2.19. The van der Waals surface area contributed by atoms with E-state index in [4.69, 9.17) is 0 Å². The Hall–Kier alpha value is -2.76. The molecule has 0 aliphatic heterocycles. The maximum Gasteiger partial charge on any atom is 0.276 e. The molecule has 0 N–H and O–H groups in total. The van der Waals surface area contributed by atoms with Gasteiger partial charge in [0.1, 0.15) is 11.0 Å². The molecule has 1 aromatic heterocycles. The number of fused-ring (bicyclic) bond motifs is 2. The number of para-hydroxylation sites is 2. The fraction of sp³-hybridized carbons (Fsp3) is 0. The summed E-state index contributed by atoms with van der Waals surface area (Å²) in [4.78, 5) is 14.5. The molecule has 1 heterocycles. The van der Waals surface area contributed by atoms with Crippen molar-refractivity contribution < 1.29 is 9.65 Å². The van der Waals surface area contributed by atoms with Gasteiger partial charge in [0.05, 0.1) is 11.0 Å². The first-order chi connectivity index (χ1) is 8.66. The van der Waals surface area contributed by atoms with Gasteiger partial charge in [0.15, 0.2) is 0 Å². The molecule has 3 rings (SSSR count). The van der Waals surface area contributed by atoms with Crippen LogP contribution in [0.5, 0.6) is 0 Å². The van der Waals surface area contributed by atoms with Crippen LogP contribution in [0.1, 0.15) is 0 Å². The summed E-state index contributed by atoms with van der Waals surface area (Å²) in [6.45, 7) is 0. The van der Waals surface area contributed by atoms with Gasteiger partial charge < -0.3 is 5.21 Å². The molecule has 0 atom stereocenters. The van der Waals surface area contributed by atoms with Crippen LogP contribution in [0.15, 0.2) is 42.5 Å². The Morgan fingerprint density at radius 2 is 1.78 bits per heavy atom. The van der Waals surface area contributed by atoms with Crippen LogP contribution in [0.4, 0.5) is 5.69 Å². The van der Waals surface area contributed by atoms with Crippen LogP contribution in [0.25, 0.3) is 22.1 Å². The number of benzene rings is 2. The standard InChI is InChI=1S/C12H7N3O3/c16-14-11-4-2-1-3-9(11)13-10-6-5-8(15(17)18)7-12(10)14/h1-7H. The Kier molecular flexibility index (Phi) is 2.09. The zero-order chi connectivity index (χ0) is 12.7. The van der Waals surface area contributed by atoms with Crippen LogP contribution >= 0.6 is 0 Å². The molecule has 18 heavy (non-hydrogen) atoms. The van der Waals surface area contributed by atoms with Gasteiger partial charge >= 0.3 is 0 Å². The molecule has 0 aliphatic rings. The van der Waals surface area contributed by atoms with Gasteiger partial charge in [-0.1, -0.05) is 12.1 Å². The summed E-state index contributed by atoms with van der Waals surface area (Å²) in [7, 11) is 0. The van der Waals surface area contributed by atoms with Crippen LogP contribution in [0, 0.1) is 15.3 Å². The maximum absolute atomic E-state index is 12.1. The second kappa shape index (κ2) is 3.63. The van der Waals surface area contributed by atoms with Gasteiger partial charge in [0, 0.05) is 12.1 Å². The predicted molar refractivity (Wildman–Crippen MR) is 64.9 cm³/mol. The molecule has 0 aliphatic carbocycles. The number of hydrogen-bond acceptors (Lipinski definition) is 4. The quantitative estimate of drug-likeness (QED) is 0.214. The largest absolute Gasteiger partial charge is 0.618 e. The maximum atomic E-state index is 12.1. The molecule has 88 valence electrons. The average molecular weight is 241 g/mol. The Morgan fingerprint density at radius 3 is 2.56 bits per heavy atom. The monoisotopic (exact) mass is 241 g/mol. The van der Waals surface area contributed by atoms with Crippen molar-refractivity contribution in [2.45, 2.75) is 0 Å². The molecule has 0 unspecified atom stereocenters. The van der Waals surface area contributed by atoms with E-state index in [2.05, 4.69) is 4.98 Å². The van der Waals surface area contributed by atoms with Crippen LogP contribution in [0.2, 0.25) is 0 Å². The van der Waals surface area contributed by atoms with Crippen molar-refractivity contribution in [1.29, 1.82) is 0 Å². The average Bonchev–Trinajstić information content (AvgIpc) is 2.38. The van der Waals surface area contributed by atoms with Crippen molar-refractivity contribution in [2.75, 3.05) is 0 Å². The third-order valence-corrected chi connectivity index (χ3v) is 2.73. The van der Waals surface area contributed by atoms with Crippen molar-refractivity contribution >= 4 is 27.8 Å². The summed E-state index contributed by atoms with van der Waals surface area (Å²) < 4.78 is 0.671. The van der Waals surface area contributed by atoms with Crippen molar-refractivity contribution in [1.82, 2.24) is 4.98 Å². The van der Waals surface area contributed by atoms with E-state index in [0.717, 1.165) is 0 Å². The number of non-ortho nitro benzene ring substituents is 1. The van der Waals surface area contributed by atoms with E-state index >= 15 is 0 Å². The van der Waals surface area contributed by atoms with Gasteiger partial charge in [-0.05, 0) is 12.1 Å². The minimum atomic E-state index is -0.533. The summed E-state index contributed by atoms with van der Waals surface area (Å²) >= 11 is 0. The number of nitrogens with zero attached hydrogens (tertiary/aromatic N) is 3. The first-order valence-corrected chi connectivity index (χ1v) is 5.23. The van der Waals surface area contributed by atoms with Gasteiger partial charge in [0.2, 0.25) is 11.0 Å². The molecule has 0 amide bonds. The third kappa shape index (κ3) is 1.43. The molecule has 0 fully saturated rings. The molecule has 6 nitrogen and oxygen atoms in total. The lowest BCUT2D eigenvalue weighted by atomic mass is 10.2. The van der Waals surface area contributed by atoms with Crippen molar-refractivity contribution in [2.24, 2.45) is 0 Å². The van der Waals surface area contributed by atoms with Gasteiger partial charge in [-0.25, -0.2) is 4.98 Å². The highest BCUT2D eigenvalue weighted by atomic mass is 16.6. The third-order valence-electron chi connectivity index (χ3n) is 2.73. The second-order valence-corrected chi connectivity index (χ2v) is 3.83. The molecule has 3 aromatic rings. The van der Waals surface area contributed by atoms with Gasteiger partial charge in [-0.3, -0.25) is 10.1 Å². The molecule has 0 radical (unpaired) electrons. The second-order valence-electron chi connectivity index (χ2n) is 3.83. The van der Waals surface area contributed by atoms with E-state index in [-0.39, 0.29) is 11.2 Å². The lowest BCUT2D eigenvalue weighted by Gasteiger charge is -2.04. The minimum Gasteiger partial charge on any atom is -0.618 e. The summed E-state index contributed by atoms with van der Waals surface area (Å²) in [6, 6.07) is 10.9. The molecule has 6 heteroatoms. The molecular formula is C12H7N3O3. The first-order valence-electron chi connectivity index (χ1n) is 5.23. The molecular weight excluding hydrogens is 234 g/mol. The van der Waals surface area contributed by atoms with Crippen LogP contribution in [0.3, 0.4) is 0 Å². The number of rotatable bonds is 1. The van der Waals surface area contributed by atoms with Crippen molar-refractivity contribution in [3.8, 4) is 0 Å². The number of nitro groups is 1. The van der Waals surface area contributed by atoms with Gasteiger partial charge in [-0.2, -0.15) is 4.73 Å². The fourth-order valence-corrected chi connectivity index (χ4v) is 1.87. The Bertz CT molecular complexity index is 786. The molecule has 0 spiro atoms. The Balaban J connectivity index is 2.45. The highest BCUT2D eigenvalue weighted by Gasteiger charge is 2.15. The van der Waals surface area contributed by atoms with E-state index in [0.29, 0.717) is 21.3 Å². The van der Waals surface area contributed by atoms with Crippen LogP contribution < -0.4 is 4.73 Å². The Labute approximate surface area is 101 Å². The Morgan fingerprint density at radius 1 is 1.06 bits per heavy atom. The zero-order valence-corrected chi connectivity index (χ0v) is 9.11. The van der Waals surface area contributed by atoms with Gasteiger partial charge in [0.25, 0.3) is 5.69 Å². The van der Waals surface area contributed by atoms with Crippen molar-refractivity contribution in [3.05, 3.63) is 57.8 Å². The van der Waals surface area contributed by atoms with E-state index in [9.17, 15) is 15.3 Å². The SMILES string of the molecule is O=[N+]([O-])c1ccc2nc3ccccc3[n+]([O-])c2c1. The molecule has 0 bridgehead atoms. The summed E-state index contributed by atoms with van der Waals surface area (Å²) in [5.41, 5.74) is 1.47. The topological polar surface area (TPSA) is 83.0 Å². The summed E-state index contributed by atoms with van der Waals surface area (Å²) in [5.74, 6) is 0. The van der Waals surface area contributed by atoms with Crippen molar-refractivity contribution in [3.63, 3.8) is 0 Å². The van der Waals surface area contributed by atoms with E-state index in [1.807, 2.05) is 0 Å². The molecule has 2 aromatic carbocycles. The molecule has 0 saturated carbocycles. The highest BCUT2D eigenvalue weighted by molar-refractivity contribution is 5.82. The predicted octanol–water partition coefficient (Wildman–Crippen LogP) is 1.93. The first kappa shape index (κ1) is 10.4. The summed E-state index contributed by atoms with van der Waals surface area (Å²) in [6.07, 6.45) is 0. The fourth-order valence-electron chi connectivity index (χ4n) is 1.87. The molecule has 0 saturated heterocycles. The lowest BCUT2D eigenvalue weighted by molar-refractivity contribution is -0.548. The summed E-state index contributed by atoms with van der Waals surface area (Å²) in [5, 5.41) is 22.8. The normalized spacial score (nSPS) is 10.9. The van der Waals surface area contributed by atoms with E-state index < -0.39 is 4.92 Å². The lowest BCUT2D eigenvalue weighted by Crippen LogP contribution is -2.28.